The van der Waals surface area contributed by atoms with Crippen LogP contribution in [0.15, 0.2) is 30.5 Å². The summed E-state index contributed by atoms with van der Waals surface area (Å²) in [6.07, 6.45) is -10.0. The summed E-state index contributed by atoms with van der Waals surface area (Å²) >= 11 is 0. The standard InChI is InChI=1S/C15H5F8NO3/c16-9-6(2-1-3-8(9)14(18,19)20)12(25)27-13(26)7-4-5-24-11(10(7)17)15(21,22)23/h1-5H. The van der Waals surface area contributed by atoms with Crippen LogP contribution < -0.4 is 0 Å². The first kappa shape index (κ1) is 20.3. The number of benzene rings is 1. The van der Waals surface area contributed by atoms with Crippen molar-refractivity contribution in [2.45, 2.75) is 12.4 Å². The van der Waals surface area contributed by atoms with E-state index in [4.69, 9.17) is 0 Å². The number of hydrogen-bond donors (Lipinski definition) is 0. The Bertz CT molecular complexity index is 831. The topological polar surface area (TPSA) is 56.3 Å². The summed E-state index contributed by atoms with van der Waals surface area (Å²) < 4.78 is 107. The number of nitrogens with zero attached hydrogens (tertiary/aromatic N) is 1. The highest BCUT2D eigenvalue weighted by atomic mass is 19.4. The van der Waals surface area contributed by atoms with E-state index >= 15 is 0 Å². The zero-order valence-corrected chi connectivity index (χ0v) is 12.6. The van der Waals surface area contributed by atoms with Crippen molar-refractivity contribution in [2.75, 3.05) is 0 Å². The van der Waals surface area contributed by atoms with Gasteiger partial charge in [-0.3, -0.25) is 0 Å². The fourth-order valence-electron chi connectivity index (χ4n) is 1.90. The lowest BCUT2D eigenvalue weighted by Gasteiger charge is -2.11. The van der Waals surface area contributed by atoms with Crippen LogP contribution in [0.25, 0.3) is 0 Å². The number of hydrogen-bond acceptors (Lipinski definition) is 4. The predicted molar refractivity (Wildman–Crippen MR) is 70.3 cm³/mol. The lowest BCUT2D eigenvalue weighted by atomic mass is 10.1. The van der Waals surface area contributed by atoms with E-state index in [0.29, 0.717) is 30.5 Å². The van der Waals surface area contributed by atoms with Crippen molar-refractivity contribution < 1.29 is 49.4 Å². The van der Waals surface area contributed by atoms with Crippen molar-refractivity contribution in [2.24, 2.45) is 0 Å². The quantitative estimate of drug-likeness (QED) is 0.427. The number of carbonyl (C=O) groups is 2. The van der Waals surface area contributed by atoms with Crippen molar-refractivity contribution in [1.29, 1.82) is 0 Å². The van der Waals surface area contributed by atoms with Crippen molar-refractivity contribution in [3.05, 3.63) is 64.5 Å². The minimum atomic E-state index is -5.27. The van der Waals surface area contributed by atoms with Gasteiger partial charge in [0.05, 0.1) is 16.7 Å². The van der Waals surface area contributed by atoms with E-state index in [1.807, 2.05) is 0 Å². The fraction of sp³-hybridized carbons (Fsp3) is 0.133. The molecule has 0 saturated heterocycles. The monoisotopic (exact) mass is 399 g/mol. The minimum absolute atomic E-state index is 0.312. The van der Waals surface area contributed by atoms with Gasteiger partial charge in [-0.1, -0.05) is 6.07 Å². The molecule has 0 aliphatic rings. The number of carbonyl (C=O) groups excluding carboxylic acids is 2. The molecule has 1 heterocycles. The molecule has 0 amide bonds. The molecule has 0 aliphatic heterocycles. The SMILES string of the molecule is O=C(OC(=O)c1ccnc(C(F)(F)F)c1F)c1cccc(C(F)(F)F)c1F. The summed E-state index contributed by atoms with van der Waals surface area (Å²) in [6, 6.07) is 1.95. The average molecular weight is 399 g/mol. The third-order valence-electron chi connectivity index (χ3n) is 3.09. The highest BCUT2D eigenvalue weighted by Crippen LogP contribution is 2.33. The highest BCUT2D eigenvalue weighted by Gasteiger charge is 2.39. The fourth-order valence-corrected chi connectivity index (χ4v) is 1.90. The third kappa shape index (κ3) is 4.20. The largest absolute Gasteiger partial charge is 0.436 e. The summed E-state index contributed by atoms with van der Waals surface area (Å²) in [4.78, 5) is 26.1. The van der Waals surface area contributed by atoms with E-state index in [9.17, 15) is 44.7 Å². The molecule has 0 fully saturated rings. The maximum absolute atomic E-state index is 13.8. The summed E-state index contributed by atoms with van der Waals surface area (Å²) in [5.41, 5.74) is -6.59. The second-order valence-corrected chi connectivity index (χ2v) is 4.86. The molecule has 0 N–H and O–H groups in total. The summed E-state index contributed by atoms with van der Waals surface area (Å²) in [5, 5.41) is 0. The number of aromatic nitrogens is 1. The summed E-state index contributed by atoms with van der Waals surface area (Å²) in [7, 11) is 0. The van der Waals surface area contributed by atoms with E-state index in [0.717, 1.165) is 0 Å². The number of alkyl halides is 6. The van der Waals surface area contributed by atoms with Crippen LogP contribution in [0.5, 0.6) is 0 Å². The van der Waals surface area contributed by atoms with Crippen LogP contribution in [0.3, 0.4) is 0 Å². The van der Waals surface area contributed by atoms with Gasteiger partial charge in [-0.25, -0.2) is 23.4 Å². The van der Waals surface area contributed by atoms with Crippen LogP contribution in [0.4, 0.5) is 35.1 Å². The van der Waals surface area contributed by atoms with Gasteiger partial charge in [0.1, 0.15) is 5.82 Å². The Kier molecular flexibility index (Phi) is 5.20. The van der Waals surface area contributed by atoms with E-state index in [1.54, 1.807) is 0 Å². The van der Waals surface area contributed by atoms with E-state index in [1.165, 1.54) is 0 Å². The van der Waals surface area contributed by atoms with Crippen LogP contribution >= 0.6 is 0 Å². The van der Waals surface area contributed by atoms with Crippen LogP contribution in [-0.4, -0.2) is 16.9 Å². The van der Waals surface area contributed by atoms with Gasteiger partial charge >= 0.3 is 24.3 Å². The van der Waals surface area contributed by atoms with Gasteiger partial charge in [0.2, 0.25) is 0 Å². The van der Waals surface area contributed by atoms with E-state index < -0.39 is 58.3 Å². The second kappa shape index (κ2) is 6.93. The molecule has 0 atom stereocenters. The van der Waals surface area contributed by atoms with Crippen LogP contribution in [0, 0.1) is 11.6 Å². The Balaban J connectivity index is 2.34. The van der Waals surface area contributed by atoms with Gasteiger partial charge in [0, 0.05) is 6.20 Å². The minimum Gasteiger partial charge on any atom is -0.386 e. The van der Waals surface area contributed by atoms with Crippen LogP contribution in [-0.2, 0) is 17.1 Å². The molecular formula is C15H5F8NO3. The number of ether oxygens (including phenoxy) is 1. The Labute approximate surface area is 144 Å². The second-order valence-electron chi connectivity index (χ2n) is 4.86. The van der Waals surface area contributed by atoms with E-state index in [-0.39, 0.29) is 0 Å². The van der Waals surface area contributed by atoms with Gasteiger partial charge in [-0.05, 0) is 18.2 Å². The molecule has 1 aromatic carbocycles. The van der Waals surface area contributed by atoms with Crippen molar-refractivity contribution in [1.82, 2.24) is 4.98 Å². The van der Waals surface area contributed by atoms with E-state index in [2.05, 4.69) is 9.72 Å². The zero-order valence-electron chi connectivity index (χ0n) is 12.6. The van der Waals surface area contributed by atoms with Gasteiger partial charge in [-0.2, -0.15) is 26.3 Å². The molecule has 12 heteroatoms. The highest BCUT2D eigenvalue weighted by molar-refractivity contribution is 6.02. The van der Waals surface area contributed by atoms with Crippen LogP contribution in [0.1, 0.15) is 32.0 Å². The van der Waals surface area contributed by atoms with Gasteiger partial charge in [-0.15, -0.1) is 0 Å². The first-order valence-corrected chi connectivity index (χ1v) is 6.68. The molecule has 0 bridgehead atoms. The smallest absolute Gasteiger partial charge is 0.386 e. The van der Waals surface area contributed by atoms with Gasteiger partial charge in [0.15, 0.2) is 11.5 Å². The van der Waals surface area contributed by atoms with Crippen molar-refractivity contribution in [3.63, 3.8) is 0 Å². The first-order valence-electron chi connectivity index (χ1n) is 6.68. The molecule has 0 saturated carbocycles. The third-order valence-corrected chi connectivity index (χ3v) is 3.09. The van der Waals surface area contributed by atoms with Crippen molar-refractivity contribution in [3.8, 4) is 0 Å². The Hall–Kier alpha value is -3.05. The molecule has 0 spiro atoms. The van der Waals surface area contributed by atoms with Crippen LogP contribution in [0.2, 0.25) is 0 Å². The molecule has 4 nitrogen and oxygen atoms in total. The molecule has 0 radical (unpaired) electrons. The maximum Gasteiger partial charge on any atom is 0.436 e. The lowest BCUT2D eigenvalue weighted by molar-refractivity contribution is -0.143. The summed E-state index contributed by atoms with van der Waals surface area (Å²) in [5.74, 6) is -8.14. The number of esters is 2. The Morgan fingerprint density at radius 3 is 1.89 bits per heavy atom. The maximum atomic E-state index is 13.8. The molecule has 1 aromatic heterocycles. The molecule has 0 unspecified atom stereocenters. The number of pyridine rings is 1. The molecule has 2 aromatic rings. The molecule has 27 heavy (non-hydrogen) atoms. The molecule has 2 rings (SSSR count). The van der Waals surface area contributed by atoms with Gasteiger partial charge < -0.3 is 4.74 Å². The molecule has 144 valence electrons. The normalized spacial score (nSPS) is 12.0. The lowest BCUT2D eigenvalue weighted by Crippen LogP contribution is -2.20. The average Bonchev–Trinajstić information content (AvgIpc) is 2.52. The first-order chi connectivity index (χ1) is 12.3. The molecule has 0 aliphatic carbocycles. The van der Waals surface area contributed by atoms with Crippen molar-refractivity contribution >= 4 is 11.9 Å². The zero-order chi connectivity index (χ0) is 20.6. The number of rotatable bonds is 2. The van der Waals surface area contributed by atoms with Gasteiger partial charge in [0.25, 0.3) is 0 Å². The Morgan fingerprint density at radius 2 is 1.37 bits per heavy atom. The number of halogens is 8. The molecular weight excluding hydrogens is 394 g/mol. The summed E-state index contributed by atoms with van der Waals surface area (Å²) in [6.45, 7) is 0. The Morgan fingerprint density at radius 1 is 0.815 bits per heavy atom. The predicted octanol–water partition coefficient (Wildman–Crippen LogP) is 4.39.